The minimum Gasteiger partial charge on any atom is -0.338 e. The van der Waals surface area contributed by atoms with Crippen molar-refractivity contribution in [2.24, 2.45) is 0 Å². The number of imidazole rings is 1. The van der Waals surface area contributed by atoms with Crippen LogP contribution in [0, 0.1) is 0 Å². The first kappa shape index (κ1) is 17.1. The lowest BCUT2D eigenvalue weighted by molar-refractivity contribution is -0.117. The Bertz CT molecular complexity index is 670. The van der Waals surface area contributed by atoms with E-state index in [2.05, 4.69) is 20.2 Å². The smallest absolute Gasteiger partial charge is 0.321 e. The summed E-state index contributed by atoms with van der Waals surface area (Å²) in [6, 6.07) is 9.52. The molecular formula is C16H20N4O2S. The number of benzene rings is 1. The predicted octanol–water partition coefficient (Wildman–Crippen LogP) is 2.51. The number of carbonyl (C=O) groups excluding carboxylic acids is 2. The number of aromatic nitrogens is 2. The molecule has 0 saturated carbocycles. The summed E-state index contributed by atoms with van der Waals surface area (Å²) < 4.78 is 2.05. The molecule has 0 unspecified atom stereocenters. The molecule has 1 aromatic carbocycles. The van der Waals surface area contributed by atoms with Crippen LogP contribution in [0.1, 0.15) is 13.8 Å². The van der Waals surface area contributed by atoms with Crippen LogP contribution < -0.4 is 10.6 Å². The zero-order valence-corrected chi connectivity index (χ0v) is 14.0. The number of nitrogens with zero attached hydrogens (tertiary/aromatic N) is 2. The van der Waals surface area contributed by atoms with Crippen molar-refractivity contribution >= 4 is 23.7 Å². The summed E-state index contributed by atoms with van der Waals surface area (Å²) in [4.78, 5) is 27.4. The van der Waals surface area contributed by atoms with Gasteiger partial charge < -0.3 is 9.88 Å². The van der Waals surface area contributed by atoms with E-state index in [9.17, 15) is 9.59 Å². The Morgan fingerprint density at radius 3 is 2.61 bits per heavy atom. The van der Waals surface area contributed by atoms with Gasteiger partial charge in [-0.2, -0.15) is 0 Å². The molecule has 0 spiro atoms. The number of imide groups is 1. The van der Waals surface area contributed by atoms with Crippen LogP contribution in [0.15, 0.2) is 41.7 Å². The Kier molecular flexibility index (Phi) is 6.22. The van der Waals surface area contributed by atoms with E-state index in [0.717, 1.165) is 23.0 Å². The zero-order valence-electron chi connectivity index (χ0n) is 13.2. The highest BCUT2D eigenvalue weighted by Gasteiger charge is 2.13. The SMILES string of the molecule is CCNC(=O)NC(=O)CSc1ncc(-c2ccccc2)n1CC. The van der Waals surface area contributed by atoms with Crippen molar-refractivity contribution in [1.82, 2.24) is 20.2 Å². The summed E-state index contributed by atoms with van der Waals surface area (Å²) in [6.07, 6.45) is 1.81. The molecule has 3 amide bonds. The van der Waals surface area contributed by atoms with Crippen LogP contribution in [0.4, 0.5) is 4.79 Å². The third-order valence-corrected chi connectivity index (χ3v) is 4.12. The van der Waals surface area contributed by atoms with E-state index < -0.39 is 6.03 Å². The summed E-state index contributed by atoms with van der Waals surface area (Å²) in [5.41, 5.74) is 2.10. The first-order valence-electron chi connectivity index (χ1n) is 7.47. The highest BCUT2D eigenvalue weighted by Crippen LogP contribution is 2.25. The van der Waals surface area contributed by atoms with E-state index in [0.29, 0.717) is 6.54 Å². The predicted molar refractivity (Wildman–Crippen MR) is 91.3 cm³/mol. The summed E-state index contributed by atoms with van der Waals surface area (Å²) in [6.45, 7) is 5.06. The lowest BCUT2D eigenvalue weighted by Crippen LogP contribution is -2.40. The van der Waals surface area contributed by atoms with Gasteiger partial charge in [-0.05, 0) is 19.4 Å². The van der Waals surface area contributed by atoms with E-state index in [1.807, 2.05) is 43.5 Å². The number of hydrogen-bond acceptors (Lipinski definition) is 4. The molecule has 0 fully saturated rings. The molecule has 0 saturated heterocycles. The number of carbonyl (C=O) groups is 2. The maximum absolute atomic E-state index is 11.7. The minimum absolute atomic E-state index is 0.141. The van der Waals surface area contributed by atoms with Crippen molar-refractivity contribution in [2.75, 3.05) is 12.3 Å². The molecule has 122 valence electrons. The van der Waals surface area contributed by atoms with Gasteiger partial charge >= 0.3 is 6.03 Å². The van der Waals surface area contributed by atoms with Gasteiger partial charge in [0.1, 0.15) is 0 Å². The normalized spacial score (nSPS) is 10.3. The number of amides is 3. The van der Waals surface area contributed by atoms with Crippen LogP contribution in [0.2, 0.25) is 0 Å². The first-order valence-corrected chi connectivity index (χ1v) is 8.45. The maximum atomic E-state index is 11.7. The molecule has 23 heavy (non-hydrogen) atoms. The average Bonchev–Trinajstić information content (AvgIpc) is 2.96. The van der Waals surface area contributed by atoms with Crippen molar-refractivity contribution in [2.45, 2.75) is 25.5 Å². The molecule has 2 aromatic rings. The molecule has 0 aliphatic heterocycles. The average molecular weight is 332 g/mol. The number of nitrogens with one attached hydrogen (secondary N) is 2. The topological polar surface area (TPSA) is 76.0 Å². The summed E-state index contributed by atoms with van der Waals surface area (Å²) in [7, 11) is 0. The monoisotopic (exact) mass is 332 g/mol. The minimum atomic E-state index is -0.470. The van der Waals surface area contributed by atoms with Crippen molar-refractivity contribution < 1.29 is 9.59 Å². The van der Waals surface area contributed by atoms with Gasteiger partial charge in [0.2, 0.25) is 5.91 Å². The third kappa shape index (κ3) is 4.59. The van der Waals surface area contributed by atoms with Crippen molar-refractivity contribution in [1.29, 1.82) is 0 Å². The first-order chi connectivity index (χ1) is 11.2. The number of thioether (sulfide) groups is 1. The second-order valence-corrected chi connectivity index (χ2v) is 5.68. The van der Waals surface area contributed by atoms with Crippen molar-refractivity contribution in [3.63, 3.8) is 0 Å². The Hall–Kier alpha value is -2.28. The van der Waals surface area contributed by atoms with E-state index in [1.54, 1.807) is 6.92 Å². The van der Waals surface area contributed by atoms with E-state index in [4.69, 9.17) is 0 Å². The van der Waals surface area contributed by atoms with Gasteiger partial charge in [0.15, 0.2) is 5.16 Å². The maximum Gasteiger partial charge on any atom is 0.321 e. The summed E-state index contributed by atoms with van der Waals surface area (Å²) in [5, 5.41) is 5.56. The van der Waals surface area contributed by atoms with Crippen LogP contribution in [0.25, 0.3) is 11.3 Å². The largest absolute Gasteiger partial charge is 0.338 e. The molecule has 0 bridgehead atoms. The summed E-state index contributed by atoms with van der Waals surface area (Å²) >= 11 is 1.32. The number of hydrogen-bond donors (Lipinski definition) is 2. The Morgan fingerprint density at radius 1 is 1.22 bits per heavy atom. The molecule has 0 aliphatic rings. The van der Waals surface area contributed by atoms with Gasteiger partial charge in [-0.25, -0.2) is 9.78 Å². The fourth-order valence-electron chi connectivity index (χ4n) is 2.12. The second kappa shape index (κ2) is 8.38. The fraction of sp³-hybridized carbons (Fsp3) is 0.312. The highest BCUT2D eigenvalue weighted by atomic mass is 32.2. The second-order valence-electron chi connectivity index (χ2n) is 4.73. The number of rotatable bonds is 6. The Morgan fingerprint density at radius 2 is 1.96 bits per heavy atom. The van der Waals surface area contributed by atoms with Crippen molar-refractivity contribution in [3.05, 3.63) is 36.5 Å². The van der Waals surface area contributed by atoms with E-state index >= 15 is 0 Å². The quantitative estimate of drug-likeness (QED) is 0.797. The molecule has 0 radical (unpaired) electrons. The number of urea groups is 1. The van der Waals surface area contributed by atoms with Gasteiger partial charge in [0.25, 0.3) is 0 Å². The Labute approximate surface area is 139 Å². The van der Waals surface area contributed by atoms with E-state index in [1.165, 1.54) is 11.8 Å². The van der Waals surface area contributed by atoms with Crippen LogP contribution in [0.5, 0.6) is 0 Å². The molecule has 2 rings (SSSR count). The van der Waals surface area contributed by atoms with E-state index in [-0.39, 0.29) is 11.7 Å². The Balaban J connectivity index is 2.03. The molecule has 7 heteroatoms. The van der Waals surface area contributed by atoms with Crippen molar-refractivity contribution in [3.8, 4) is 11.3 Å². The highest BCUT2D eigenvalue weighted by molar-refractivity contribution is 7.99. The van der Waals surface area contributed by atoms with Crippen LogP contribution in [-0.4, -0.2) is 33.8 Å². The lowest BCUT2D eigenvalue weighted by Gasteiger charge is -2.09. The molecule has 1 heterocycles. The van der Waals surface area contributed by atoms with Gasteiger partial charge in [-0.1, -0.05) is 42.1 Å². The molecule has 1 aromatic heterocycles. The van der Waals surface area contributed by atoms with Gasteiger partial charge in [-0.15, -0.1) is 0 Å². The zero-order chi connectivity index (χ0) is 16.7. The van der Waals surface area contributed by atoms with Gasteiger partial charge in [-0.3, -0.25) is 10.1 Å². The van der Waals surface area contributed by atoms with Crippen LogP contribution >= 0.6 is 11.8 Å². The molecule has 0 atom stereocenters. The molecular weight excluding hydrogens is 312 g/mol. The molecule has 0 aliphatic carbocycles. The van der Waals surface area contributed by atoms with Crippen LogP contribution in [-0.2, 0) is 11.3 Å². The lowest BCUT2D eigenvalue weighted by atomic mass is 10.2. The van der Waals surface area contributed by atoms with Crippen LogP contribution in [0.3, 0.4) is 0 Å². The summed E-state index contributed by atoms with van der Waals surface area (Å²) in [5.74, 6) is -0.199. The van der Waals surface area contributed by atoms with Gasteiger partial charge in [0.05, 0.1) is 17.6 Å². The standard InChI is InChI=1S/C16H20N4O2S/c1-3-17-15(22)19-14(21)11-23-16-18-10-13(20(16)4-2)12-8-6-5-7-9-12/h5-10H,3-4,11H2,1-2H3,(H2,17,19,21,22). The molecule has 2 N–H and O–H groups in total. The molecule has 6 nitrogen and oxygen atoms in total. The fourth-order valence-corrected chi connectivity index (χ4v) is 2.96. The third-order valence-electron chi connectivity index (χ3n) is 3.13. The van der Waals surface area contributed by atoms with Gasteiger partial charge in [0, 0.05) is 13.1 Å².